The number of aliphatic hydroxyl groups excluding tert-OH is 1. The summed E-state index contributed by atoms with van der Waals surface area (Å²) in [5.74, 6) is 0.301. The van der Waals surface area contributed by atoms with E-state index in [9.17, 15) is 4.79 Å². The van der Waals surface area contributed by atoms with Crippen LogP contribution in [-0.2, 0) is 4.79 Å². The predicted octanol–water partition coefficient (Wildman–Crippen LogP) is -0.00110. The summed E-state index contributed by atoms with van der Waals surface area (Å²) >= 11 is 0. The van der Waals surface area contributed by atoms with Crippen molar-refractivity contribution in [2.75, 3.05) is 59.0 Å². The molecule has 0 unspecified atom stereocenters. The molecule has 5 heteroatoms. The van der Waals surface area contributed by atoms with Crippen LogP contribution in [0.3, 0.4) is 0 Å². The van der Waals surface area contributed by atoms with Gasteiger partial charge in [-0.05, 0) is 38.8 Å². The number of likely N-dealkylation sites (tertiary alicyclic amines) is 1. The lowest BCUT2D eigenvalue weighted by Crippen LogP contribution is -2.43. The summed E-state index contributed by atoms with van der Waals surface area (Å²) in [6.45, 7) is 7.41. The molecule has 0 aromatic carbocycles. The molecule has 2 heterocycles. The minimum atomic E-state index is 0.229. The van der Waals surface area contributed by atoms with Gasteiger partial charge in [-0.25, -0.2) is 0 Å². The highest BCUT2D eigenvalue weighted by atomic mass is 16.3. The average Bonchev–Trinajstić information content (AvgIpc) is 2.66. The first-order valence-corrected chi connectivity index (χ1v) is 7.63. The lowest BCUT2D eigenvalue weighted by atomic mass is 10.1. The van der Waals surface area contributed by atoms with Gasteiger partial charge in [-0.2, -0.15) is 0 Å². The molecule has 0 spiro atoms. The fourth-order valence-electron chi connectivity index (χ4n) is 2.98. The van der Waals surface area contributed by atoms with E-state index >= 15 is 0 Å². The zero-order valence-electron chi connectivity index (χ0n) is 11.9. The summed E-state index contributed by atoms with van der Waals surface area (Å²) in [6, 6.07) is 0. The molecule has 0 aromatic heterocycles. The molecular formula is C14H27N3O2. The Morgan fingerprint density at radius 3 is 2.26 bits per heavy atom. The molecule has 2 rings (SSSR count). The van der Waals surface area contributed by atoms with E-state index in [1.54, 1.807) is 0 Å². The summed E-state index contributed by atoms with van der Waals surface area (Å²) in [6.07, 6.45) is 4.68. The molecule has 0 aromatic rings. The van der Waals surface area contributed by atoms with Crippen molar-refractivity contribution in [3.05, 3.63) is 0 Å². The predicted molar refractivity (Wildman–Crippen MR) is 75.0 cm³/mol. The van der Waals surface area contributed by atoms with E-state index in [1.807, 2.05) is 4.90 Å². The first kappa shape index (κ1) is 14.8. The first-order valence-electron chi connectivity index (χ1n) is 7.63. The Labute approximate surface area is 116 Å². The third-order valence-corrected chi connectivity index (χ3v) is 4.17. The first-order chi connectivity index (χ1) is 9.29. The minimum absolute atomic E-state index is 0.229. The molecule has 1 amide bonds. The molecule has 1 N–H and O–H groups in total. The number of hydrogen-bond acceptors (Lipinski definition) is 4. The van der Waals surface area contributed by atoms with Crippen molar-refractivity contribution in [1.29, 1.82) is 0 Å². The number of rotatable bonds is 4. The number of hydrogen-bond donors (Lipinski definition) is 1. The molecule has 0 saturated carbocycles. The Kier molecular flexibility index (Phi) is 6.07. The summed E-state index contributed by atoms with van der Waals surface area (Å²) < 4.78 is 0. The van der Waals surface area contributed by atoms with Gasteiger partial charge in [0.25, 0.3) is 0 Å². The van der Waals surface area contributed by atoms with Crippen molar-refractivity contribution in [3.8, 4) is 0 Å². The van der Waals surface area contributed by atoms with E-state index in [1.165, 1.54) is 6.42 Å². The van der Waals surface area contributed by atoms with Gasteiger partial charge in [0.15, 0.2) is 0 Å². The third kappa shape index (κ3) is 4.75. The topological polar surface area (TPSA) is 47.0 Å². The lowest BCUT2D eigenvalue weighted by molar-refractivity contribution is -0.133. The normalized spacial score (nSPS) is 23.3. The Morgan fingerprint density at radius 2 is 1.53 bits per heavy atom. The van der Waals surface area contributed by atoms with E-state index in [0.29, 0.717) is 12.5 Å². The van der Waals surface area contributed by atoms with Crippen LogP contribution in [0.4, 0.5) is 0 Å². The van der Waals surface area contributed by atoms with E-state index in [-0.39, 0.29) is 6.61 Å². The SMILES string of the molecule is O=C(CN1CCCN(CCO)CC1)N1CCCCC1. The standard InChI is InChI=1S/C14H27N3O2/c18-12-11-15-5-4-6-16(10-9-15)13-14(19)17-7-2-1-3-8-17/h18H,1-13H2. The zero-order chi connectivity index (χ0) is 13.5. The average molecular weight is 269 g/mol. The monoisotopic (exact) mass is 269 g/mol. The van der Waals surface area contributed by atoms with E-state index in [0.717, 1.165) is 65.1 Å². The fraction of sp³-hybridized carbons (Fsp3) is 0.929. The van der Waals surface area contributed by atoms with Crippen LogP contribution < -0.4 is 0 Å². The highest BCUT2D eigenvalue weighted by molar-refractivity contribution is 5.78. The maximum Gasteiger partial charge on any atom is 0.236 e. The highest BCUT2D eigenvalue weighted by Gasteiger charge is 2.21. The molecule has 5 nitrogen and oxygen atoms in total. The van der Waals surface area contributed by atoms with Crippen LogP contribution in [-0.4, -0.2) is 84.7 Å². The lowest BCUT2D eigenvalue weighted by Gasteiger charge is -2.29. The van der Waals surface area contributed by atoms with Crippen LogP contribution >= 0.6 is 0 Å². The number of aliphatic hydroxyl groups is 1. The van der Waals surface area contributed by atoms with Gasteiger partial charge >= 0.3 is 0 Å². The Balaban J connectivity index is 1.74. The summed E-state index contributed by atoms with van der Waals surface area (Å²) in [7, 11) is 0. The second-order valence-corrected chi connectivity index (χ2v) is 5.64. The van der Waals surface area contributed by atoms with Crippen LogP contribution in [0.15, 0.2) is 0 Å². The Hall–Kier alpha value is -0.650. The third-order valence-electron chi connectivity index (χ3n) is 4.17. The van der Waals surface area contributed by atoms with E-state index < -0.39 is 0 Å². The maximum absolute atomic E-state index is 12.2. The van der Waals surface area contributed by atoms with Gasteiger partial charge in [0.1, 0.15) is 0 Å². The molecule has 2 saturated heterocycles. The second kappa shape index (κ2) is 7.82. The number of β-amino-alcohol motifs (C(OH)–C–C–N with tert-alkyl or cyclic N) is 1. The molecule has 0 radical (unpaired) electrons. The summed E-state index contributed by atoms with van der Waals surface area (Å²) in [4.78, 5) is 18.8. The number of nitrogens with zero attached hydrogens (tertiary/aromatic N) is 3. The van der Waals surface area contributed by atoms with Gasteiger partial charge in [-0.3, -0.25) is 14.6 Å². The molecule has 0 aliphatic carbocycles. The number of amides is 1. The van der Waals surface area contributed by atoms with E-state index in [2.05, 4.69) is 9.80 Å². The van der Waals surface area contributed by atoms with Crippen molar-refractivity contribution < 1.29 is 9.90 Å². The molecule has 2 aliphatic heterocycles. The Morgan fingerprint density at radius 1 is 0.842 bits per heavy atom. The summed E-state index contributed by atoms with van der Waals surface area (Å²) in [5.41, 5.74) is 0. The van der Waals surface area contributed by atoms with Gasteiger partial charge in [0, 0.05) is 32.7 Å². The smallest absolute Gasteiger partial charge is 0.236 e. The van der Waals surface area contributed by atoms with Crippen molar-refractivity contribution in [2.24, 2.45) is 0 Å². The molecule has 2 aliphatic rings. The van der Waals surface area contributed by atoms with Crippen LogP contribution in [0.25, 0.3) is 0 Å². The van der Waals surface area contributed by atoms with Gasteiger partial charge in [0.2, 0.25) is 5.91 Å². The molecule has 110 valence electrons. The van der Waals surface area contributed by atoms with Crippen LogP contribution in [0.5, 0.6) is 0 Å². The molecule has 0 atom stereocenters. The highest BCUT2D eigenvalue weighted by Crippen LogP contribution is 2.10. The molecular weight excluding hydrogens is 242 g/mol. The summed E-state index contributed by atoms with van der Waals surface area (Å²) in [5, 5.41) is 8.98. The van der Waals surface area contributed by atoms with Gasteiger partial charge < -0.3 is 10.0 Å². The molecule has 2 fully saturated rings. The minimum Gasteiger partial charge on any atom is -0.395 e. The van der Waals surface area contributed by atoms with Crippen molar-refractivity contribution >= 4 is 5.91 Å². The van der Waals surface area contributed by atoms with Gasteiger partial charge in [-0.1, -0.05) is 0 Å². The second-order valence-electron chi connectivity index (χ2n) is 5.64. The van der Waals surface area contributed by atoms with E-state index in [4.69, 9.17) is 5.11 Å². The number of carbonyl (C=O) groups excluding carboxylic acids is 1. The van der Waals surface area contributed by atoms with Crippen molar-refractivity contribution in [3.63, 3.8) is 0 Å². The van der Waals surface area contributed by atoms with Crippen molar-refractivity contribution in [2.45, 2.75) is 25.7 Å². The van der Waals surface area contributed by atoms with Gasteiger partial charge in [0.05, 0.1) is 13.2 Å². The fourth-order valence-corrected chi connectivity index (χ4v) is 2.98. The van der Waals surface area contributed by atoms with Crippen LogP contribution in [0, 0.1) is 0 Å². The molecule has 0 bridgehead atoms. The zero-order valence-corrected chi connectivity index (χ0v) is 11.9. The number of piperidine rings is 1. The van der Waals surface area contributed by atoms with Crippen molar-refractivity contribution in [1.82, 2.24) is 14.7 Å². The number of carbonyl (C=O) groups is 1. The quantitative estimate of drug-likeness (QED) is 0.780. The van der Waals surface area contributed by atoms with Crippen LogP contribution in [0.2, 0.25) is 0 Å². The molecule has 19 heavy (non-hydrogen) atoms. The maximum atomic E-state index is 12.2. The van der Waals surface area contributed by atoms with Gasteiger partial charge in [-0.15, -0.1) is 0 Å². The van der Waals surface area contributed by atoms with Crippen LogP contribution in [0.1, 0.15) is 25.7 Å². The Bertz CT molecular complexity index is 280. The largest absolute Gasteiger partial charge is 0.395 e.